The second-order valence-electron chi connectivity index (χ2n) is 6.17. The Bertz CT molecular complexity index is 984. The molecule has 1 aromatic heterocycles. The first-order valence-corrected chi connectivity index (χ1v) is 8.81. The number of benzene rings is 2. The highest BCUT2D eigenvalue weighted by Crippen LogP contribution is 2.20. The van der Waals surface area contributed by atoms with Crippen molar-refractivity contribution in [2.45, 2.75) is 26.7 Å². The van der Waals surface area contributed by atoms with Gasteiger partial charge in [0.25, 0.3) is 5.89 Å². The normalized spacial score (nSPS) is 10.4. The summed E-state index contributed by atoms with van der Waals surface area (Å²) in [4.78, 5) is 15.9. The number of ketones is 1. The molecular weight excluding hydrogens is 340 g/mol. The summed E-state index contributed by atoms with van der Waals surface area (Å²) in [5.74, 6) is 1.20. The monoisotopic (exact) mass is 360 g/mol. The van der Waals surface area contributed by atoms with Crippen LogP contribution in [0.2, 0.25) is 0 Å². The van der Waals surface area contributed by atoms with Gasteiger partial charge < -0.3 is 9.84 Å². The zero-order chi connectivity index (χ0) is 19.2. The number of aryl methyl sites for hydroxylation is 1. The number of rotatable bonds is 7. The highest BCUT2D eigenvalue weighted by atomic mass is 16.5. The van der Waals surface area contributed by atoms with Gasteiger partial charge in [0.1, 0.15) is 6.07 Å². The zero-order valence-corrected chi connectivity index (χ0v) is 15.3. The maximum Gasteiger partial charge on any atom is 0.257 e. The highest BCUT2D eigenvalue weighted by molar-refractivity contribution is 5.95. The van der Waals surface area contributed by atoms with Gasteiger partial charge in [-0.1, -0.05) is 24.2 Å². The molecule has 0 saturated carbocycles. The fourth-order valence-electron chi connectivity index (χ4n) is 2.68. The maximum absolute atomic E-state index is 11.5. The Labute approximate surface area is 157 Å². The summed E-state index contributed by atoms with van der Waals surface area (Å²) in [5.41, 5.74) is 3.83. The number of nitrogens with one attached hydrogen (secondary N) is 1. The molecule has 0 fully saturated rings. The Hall–Kier alpha value is -3.46. The van der Waals surface area contributed by atoms with Gasteiger partial charge in [0.15, 0.2) is 11.6 Å². The first-order chi connectivity index (χ1) is 13.1. The van der Waals surface area contributed by atoms with Crippen LogP contribution in [-0.2, 0) is 12.8 Å². The fraction of sp³-hybridized carbons (Fsp3) is 0.238. The minimum Gasteiger partial charge on any atom is -0.384 e. The summed E-state index contributed by atoms with van der Waals surface area (Å²) in [7, 11) is 0. The van der Waals surface area contributed by atoms with E-state index in [1.807, 2.05) is 31.2 Å². The number of anilines is 1. The quantitative estimate of drug-likeness (QED) is 0.640. The third kappa shape index (κ3) is 4.39. The highest BCUT2D eigenvalue weighted by Gasteiger charge is 2.08. The van der Waals surface area contributed by atoms with Gasteiger partial charge in [0.05, 0.1) is 11.3 Å². The molecule has 27 heavy (non-hydrogen) atoms. The van der Waals surface area contributed by atoms with Crippen molar-refractivity contribution in [3.8, 4) is 17.5 Å². The number of carbonyl (C=O) groups excluding carboxylic acids is 1. The van der Waals surface area contributed by atoms with E-state index in [4.69, 9.17) is 4.52 Å². The van der Waals surface area contributed by atoms with Crippen LogP contribution in [0.25, 0.3) is 11.5 Å². The molecule has 0 spiro atoms. The summed E-state index contributed by atoms with van der Waals surface area (Å²) in [6, 6.07) is 15.2. The lowest BCUT2D eigenvalue weighted by Gasteiger charge is -2.10. The fourth-order valence-corrected chi connectivity index (χ4v) is 2.68. The van der Waals surface area contributed by atoms with Crippen LogP contribution in [0, 0.1) is 11.3 Å². The number of Topliss-reactive ketones (excluding diaryl/α,β-unsaturated/α-hetero) is 1. The van der Waals surface area contributed by atoms with Gasteiger partial charge in [0, 0.05) is 24.1 Å². The SMILES string of the molecule is CCc1noc(-c2ccc(CCNc3cc(C(C)=O)ccc3C#N)cc2)n1. The van der Waals surface area contributed by atoms with Crippen molar-refractivity contribution in [2.24, 2.45) is 0 Å². The van der Waals surface area contributed by atoms with Crippen molar-refractivity contribution in [1.82, 2.24) is 10.1 Å². The molecule has 0 saturated heterocycles. The predicted molar refractivity (Wildman–Crippen MR) is 102 cm³/mol. The molecule has 0 aliphatic heterocycles. The topological polar surface area (TPSA) is 91.8 Å². The van der Waals surface area contributed by atoms with E-state index in [0.29, 0.717) is 35.1 Å². The number of hydrogen-bond donors (Lipinski definition) is 1. The molecule has 0 bridgehead atoms. The minimum absolute atomic E-state index is 0.0228. The summed E-state index contributed by atoms with van der Waals surface area (Å²) in [5, 5.41) is 16.4. The zero-order valence-electron chi connectivity index (χ0n) is 15.3. The Morgan fingerprint density at radius 2 is 2.00 bits per heavy atom. The van der Waals surface area contributed by atoms with Crippen LogP contribution < -0.4 is 5.32 Å². The molecule has 0 radical (unpaired) electrons. The van der Waals surface area contributed by atoms with Crippen LogP contribution in [0.1, 0.15) is 41.2 Å². The van der Waals surface area contributed by atoms with Crippen LogP contribution in [-0.4, -0.2) is 22.5 Å². The second kappa shape index (κ2) is 8.28. The molecule has 0 aliphatic rings. The molecule has 2 aromatic carbocycles. The maximum atomic E-state index is 11.5. The van der Waals surface area contributed by atoms with Gasteiger partial charge in [-0.3, -0.25) is 4.79 Å². The van der Waals surface area contributed by atoms with E-state index < -0.39 is 0 Å². The molecule has 0 amide bonds. The Kier molecular flexibility index (Phi) is 5.62. The average Bonchev–Trinajstić information content (AvgIpc) is 3.17. The first kappa shape index (κ1) is 18.3. The van der Waals surface area contributed by atoms with Gasteiger partial charge in [0.2, 0.25) is 0 Å². The first-order valence-electron chi connectivity index (χ1n) is 8.81. The average molecular weight is 360 g/mol. The van der Waals surface area contributed by atoms with Crippen molar-refractivity contribution in [3.63, 3.8) is 0 Å². The van der Waals surface area contributed by atoms with E-state index >= 15 is 0 Å². The molecule has 0 aliphatic carbocycles. The molecule has 1 heterocycles. The van der Waals surface area contributed by atoms with Crippen LogP contribution >= 0.6 is 0 Å². The van der Waals surface area contributed by atoms with Crippen molar-refractivity contribution < 1.29 is 9.32 Å². The predicted octanol–water partition coefficient (Wildman–Crippen LogP) is 4.03. The van der Waals surface area contributed by atoms with Crippen molar-refractivity contribution >= 4 is 11.5 Å². The molecule has 3 rings (SSSR count). The smallest absolute Gasteiger partial charge is 0.257 e. The summed E-state index contributed by atoms with van der Waals surface area (Å²) in [6.07, 6.45) is 1.52. The van der Waals surface area contributed by atoms with E-state index in [0.717, 1.165) is 24.0 Å². The number of nitriles is 1. The van der Waals surface area contributed by atoms with E-state index in [1.54, 1.807) is 18.2 Å². The molecule has 3 aromatic rings. The van der Waals surface area contributed by atoms with Gasteiger partial charge in [-0.2, -0.15) is 10.2 Å². The van der Waals surface area contributed by atoms with Gasteiger partial charge >= 0.3 is 0 Å². The third-order valence-electron chi connectivity index (χ3n) is 4.26. The Morgan fingerprint density at radius 3 is 2.63 bits per heavy atom. The standard InChI is InChI=1S/C21H20N4O2/c1-3-20-24-21(27-25-20)16-6-4-15(5-7-16)10-11-23-19-12-17(14(2)26)8-9-18(19)13-22/h4-9,12,23H,3,10-11H2,1-2H3. The third-order valence-corrected chi connectivity index (χ3v) is 4.26. The Morgan fingerprint density at radius 1 is 1.22 bits per heavy atom. The summed E-state index contributed by atoms with van der Waals surface area (Å²) >= 11 is 0. The molecular formula is C21H20N4O2. The van der Waals surface area contributed by atoms with E-state index in [1.165, 1.54) is 6.92 Å². The second-order valence-corrected chi connectivity index (χ2v) is 6.17. The molecule has 6 nitrogen and oxygen atoms in total. The van der Waals surface area contributed by atoms with Crippen molar-refractivity contribution in [1.29, 1.82) is 5.26 Å². The molecule has 0 atom stereocenters. The van der Waals surface area contributed by atoms with E-state index in [9.17, 15) is 10.1 Å². The van der Waals surface area contributed by atoms with E-state index in [2.05, 4.69) is 21.5 Å². The lowest BCUT2D eigenvalue weighted by atomic mass is 10.1. The summed E-state index contributed by atoms with van der Waals surface area (Å²) < 4.78 is 5.24. The van der Waals surface area contributed by atoms with E-state index in [-0.39, 0.29) is 5.78 Å². The van der Waals surface area contributed by atoms with Crippen LogP contribution in [0.3, 0.4) is 0 Å². The summed E-state index contributed by atoms with van der Waals surface area (Å²) in [6.45, 7) is 4.14. The lowest BCUT2D eigenvalue weighted by molar-refractivity contribution is 0.101. The van der Waals surface area contributed by atoms with Gasteiger partial charge in [-0.25, -0.2) is 0 Å². The van der Waals surface area contributed by atoms with Gasteiger partial charge in [-0.05, 0) is 49.2 Å². The number of carbonyl (C=O) groups is 1. The van der Waals surface area contributed by atoms with Crippen molar-refractivity contribution in [3.05, 3.63) is 65.0 Å². The number of nitrogens with zero attached hydrogens (tertiary/aromatic N) is 3. The molecule has 0 unspecified atom stereocenters. The van der Waals surface area contributed by atoms with Gasteiger partial charge in [-0.15, -0.1) is 0 Å². The van der Waals surface area contributed by atoms with Crippen LogP contribution in [0.5, 0.6) is 0 Å². The largest absolute Gasteiger partial charge is 0.384 e. The molecule has 6 heteroatoms. The Balaban J connectivity index is 1.63. The molecule has 136 valence electrons. The van der Waals surface area contributed by atoms with Crippen LogP contribution in [0.15, 0.2) is 47.0 Å². The molecule has 1 N–H and O–H groups in total. The van der Waals surface area contributed by atoms with Crippen molar-refractivity contribution in [2.75, 3.05) is 11.9 Å². The lowest BCUT2D eigenvalue weighted by Crippen LogP contribution is -2.07. The van der Waals surface area contributed by atoms with Crippen LogP contribution in [0.4, 0.5) is 5.69 Å². The number of hydrogen-bond acceptors (Lipinski definition) is 6. The minimum atomic E-state index is -0.0228. The number of aromatic nitrogens is 2.